The molecule has 2 rings (SSSR count). The van der Waals surface area contributed by atoms with Gasteiger partial charge in [-0.2, -0.15) is 0 Å². The van der Waals surface area contributed by atoms with Crippen molar-refractivity contribution in [3.05, 3.63) is 30.3 Å². The quantitative estimate of drug-likeness (QED) is 0.767. The van der Waals surface area contributed by atoms with E-state index in [9.17, 15) is 9.59 Å². The normalized spacial score (nSPS) is 19.7. The van der Waals surface area contributed by atoms with E-state index in [1.165, 1.54) is 0 Å². The molecule has 96 valence electrons. The molecule has 1 heterocycles. The second-order valence-corrected chi connectivity index (χ2v) is 4.32. The van der Waals surface area contributed by atoms with Crippen molar-refractivity contribution < 1.29 is 14.3 Å². The van der Waals surface area contributed by atoms with Crippen molar-refractivity contribution in [3.8, 4) is 0 Å². The van der Waals surface area contributed by atoms with E-state index in [0.29, 0.717) is 19.6 Å². The minimum absolute atomic E-state index is 0.00879. The number of ether oxygens (including phenoxy) is 1. The average Bonchev–Trinajstić information content (AvgIpc) is 2.40. The van der Waals surface area contributed by atoms with E-state index < -0.39 is 0 Å². The lowest BCUT2D eigenvalue weighted by Crippen LogP contribution is -2.41. The van der Waals surface area contributed by atoms with E-state index in [2.05, 4.69) is 0 Å². The van der Waals surface area contributed by atoms with Gasteiger partial charge in [-0.15, -0.1) is 0 Å². The molecule has 1 fully saturated rings. The predicted molar refractivity (Wildman–Crippen MR) is 68.2 cm³/mol. The molecule has 0 bridgehead atoms. The molecule has 1 unspecified atom stereocenters. The van der Waals surface area contributed by atoms with Crippen LogP contribution in [0.2, 0.25) is 0 Å². The van der Waals surface area contributed by atoms with E-state index in [1.807, 2.05) is 30.3 Å². The molecular formula is C14H17NO3. The van der Waals surface area contributed by atoms with Crippen LogP contribution in [0.15, 0.2) is 30.3 Å². The van der Waals surface area contributed by atoms with Gasteiger partial charge in [0.15, 0.2) is 0 Å². The van der Waals surface area contributed by atoms with Gasteiger partial charge in [-0.3, -0.25) is 9.59 Å². The zero-order valence-corrected chi connectivity index (χ0v) is 10.5. The zero-order chi connectivity index (χ0) is 13.0. The summed E-state index contributed by atoms with van der Waals surface area (Å²) >= 11 is 0. The van der Waals surface area contributed by atoms with Crippen LogP contribution in [0.25, 0.3) is 0 Å². The summed E-state index contributed by atoms with van der Waals surface area (Å²) in [5, 5.41) is 0. The first-order valence-electron chi connectivity index (χ1n) is 6.24. The molecule has 1 aliphatic rings. The molecule has 4 nitrogen and oxygen atoms in total. The molecule has 1 saturated heterocycles. The van der Waals surface area contributed by atoms with Crippen LogP contribution >= 0.6 is 0 Å². The smallest absolute Gasteiger partial charge is 0.309 e. The van der Waals surface area contributed by atoms with Gasteiger partial charge in [-0.25, -0.2) is 0 Å². The highest BCUT2D eigenvalue weighted by molar-refractivity contribution is 5.96. The highest BCUT2D eigenvalue weighted by atomic mass is 16.5. The van der Waals surface area contributed by atoms with Crippen molar-refractivity contribution in [2.75, 3.05) is 18.1 Å². The molecule has 1 atom stereocenters. The standard InChI is InChI=1S/C14H17NO3/c1-2-18-14(17)11-8-9-15(13(16)10-11)12-6-4-3-5-7-12/h3-7,11H,2,8-10H2,1H3. The summed E-state index contributed by atoms with van der Waals surface area (Å²) in [4.78, 5) is 25.4. The molecular weight excluding hydrogens is 230 g/mol. The lowest BCUT2D eigenvalue weighted by molar-refractivity contribution is -0.150. The fraction of sp³-hybridized carbons (Fsp3) is 0.429. The Kier molecular flexibility index (Phi) is 3.97. The molecule has 0 spiro atoms. The Bertz CT molecular complexity index is 430. The first-order chi connectivity index (χ1) is 8.72. The van der Waals surface area contributed by atoms with Gasteiger partial charge in [-0.1, -0.05) is 18.2 Å². The number of nitrogens with zero attached hydrogens (tertiary/aromatic N) is 1. The third-order valence-electron chi connectivity index (χ3n) is 3.11. The summed E-state index contributed by atoms with van der Waals surface area (Å²) in [7, 11) is 0. The summed E-state index contributed by atoms with van der Waals surface area (Å²) in [6.45, 7) is 2.72. The van der Waals surface area contributed by atoms with Gasteiger partial charge in [0.05, 0.1) is 12.5 Å². The fourth-order valence-corrected chi connectivity index (χ4v) is 2.18. The maximum absolute atomic E-state index is 12.0. The van der Waals surface area contributed by atoms with E-state index >= 15 is 0 Å². The van der Waals surface area contributed by atoms with Gasteiger partial charge < -0.3 is 9.64 Å². The SMILES string of the molecule is CCOC(=O)C1CCN(c2ccccc2)C(=O)C1. The molecule has 1 aliphatic heterocycles. The number of hydrogen-bond acceptors (Lipinski definition) is 3. The van der Waals surface area contributed by atoms with Crippen LogP contribution in [0.4, 0.5) is 5.69 Å². The first kappa shape index (κ1) is 12.6. The Labute approximate surface area is 107 Å². The van der Waals surface area contributed by atoms with Gasteiger partial charge >= 0.3 is 5.97 Å². The van der Waals surface area contributed by atoms with Crippen LogP contribution in [0.1, 0.15) is 19.8 Å². The summed E-state index contributed by atoms with van der Waals surface area (Å²) in [5.41, 5.74) is 0.893. The minimum Gasteiger partial charge on any atom is -0.466 e. The monoisotopic (exact) mass is 247 g/mol. The summed E-state index contributed by atoms with van der Waals surface area (Å²) in [5.74, 6) is -0.540. The van der Waals surface area contributed by atoms with Crippen molar-refractivity contribution in [1.29, 1.82) is 0 Å². The second-order valence-electron chi connectivity index (χ2n) is 4.32. The van der Waals surface area contributed by atoms with Gasteiger partial charge in [0.2, 0.25) is 5.91 Å². The van der Waals surface area contributed by atoms with Gasteiger partial charge in [0, 0.05) is 18.7 Å². The summed E-state index contributed by atoms with van der Waals surface area (Å²) in [6.07, 6.45) is 0.910. The number of hydrogen-bond donors (Lipinski definition) is 0. The Hall–Kier alpha value is -1.84. The molecule has 1 amide bonds. The maximum Gasteiger partial charge on any atom is 0.309 e. The number of carbonyl (C=O) groups is 2. The van der Waals surface area contributed by atoms with Crippen molar-refractivity contribution in [1.82, 2.24) is 0 Å². The molecule has 0 aliphatic carbocycles. The molecule has 0 saturated carbocycles. The molecule has 0 N–H and O–H groups in total. The van der Waals surface area contributed by atoms with Gasteiger partial charge in [-0.05, 0) is 25.5 Å². The van der Waals surface area contributed by atoms with E-state index in [4.69, 9.17) is 4.74 Å². The number of piperidine rings is 1. The highest BCUT2D eigenvalue weighted by Gasteiger charge is 2.31. The van der Waals surface area contributed by atoms with E-state index in [-0.39, 0.29) is 24.2 Å². The largest absolute Gasteiger partial charge is 0.466 e. The first-order valence-corrected chi connectivity index (χ1v) is 6.24. The zero-order valence-electron chi connectivity index (χ0n) is 10.5. The maximum atomic E-state index is 12.0. The lowest BCUT2D eigenvalue weighted by Gasteiger charge is -2.30. The molecule has 0 aromatic heterocycles. The number of benzene rings is 1. The van der Waals surface area contributed by atoms with Crippen molar-refractivity contribution in [3.63, 3.8) is 0 Å². The van der Waals surface area contributed by atoms with Crippen LogP contribution in [0, 0.1) is 5.92 Å². The lowest BCUT2D eigenvalue weighted by atomic mass is 9.96. The minimum atomic E-state index is -0.280. The van der Waals surface area contributed by atoms with Crippen LogP contribution in [0.5, 0.6) is 0 Å². The van der Waals surface area contributed by atoms with Crippen molar-refractivity contribution in [2.45, 2.75) is 19.8 Å². The summed E-state index contributed by atoms with van der Waals surface area (Å²) < 4.78 is 4.96. The Balaban J connectivity index is 2.01. The fourth-order valence-electron chi connectivity index (χ4n) is 2.18. The number of amides is 1. The number of anilines is 1. The number of para-hydroxylation sites is 1. The van der Waals surface area contributed by atoms with Crippen molar-refractivity contribution >= 4 is 17.6 Å². The Morgan fingerprint density at radius 1 is 1.39 bits per heavy atom. The van der Waals surface area contributed by atoms with E-state index in [0.717, 1.165) is 5.69 Å². The topological polar surface area (TPSA) is 46.6 Å². The van der Waals surface area contributed by atoms with E-state index in [1.54, 1.807) is 11.8 Å². The van der Waals surface area contributed by atoms with Crippen LogP contribution in [0.3, 0.4) is 0 Å². The number of carbonyl (C=O) groups excluding carboxylic acids is 2. The van der Waals surface area contributed by atoms with Crippen molar-refractivity contribution in [2.24, 2.45) is 5.92 Å². The highest BCUT2D eigenvalue weighted by Crippen LogP contribution is 2.24. The van der Waals surface area contributed by atoms with Gasteiger partial charge in [0.1, 0.15) is 0 Å². The summed E-state index contributed by atoms with van der Waals surface area (Å²) in [6, 6.07) is 9.53. The van der Waals surface area contributed by atoms with Crippen LogP contribution in [-0.2, 0) is 14.3 Å². The number of rotatable bonds is 3. The second kappa shape index (κ2) is 5.67. The molecule has 1 aromatic rings. The average molecular weight is 247 g/mol. The molecule has 1 aromatic carbocycles. The van der Waals surface area contributed by atoms with Crippen LogP contribution < -0.4 is 4.90 Å². The predicted octanol–water partition coefficient (Wildman–Crippen LogP) is 1.99. The molecule has 4 heteroatoms. The van der Waals surface area contributed by atoms with Gasteiger partial charge in [0.25, 0.3) is 0 Å². The number of esters is 1. The van der Waals surface area contributed by atoms with Crippen LogP contribution in [-0.4, -0.2) is 25.0 Å². The third-order valence-corrected chi connectivity index (χ3v) is 3.11. The molecule has 0 radical (unpaired) electrons. The Morgan fingerprint density at radius 2 is 2.11 bits per heavy atom. The molecule has 18 heavy (non-hydrogen) atoms. The third kappa shape index (κ3) is 2.70. The Morgan fingerprint density at radius 3 is 2.72 bits per heavy atom.